The van der Waals surface area contributed by atoms with E-state index in [0.717, 1.165) is 6.54 Å². The molecule has 0 aliphatic carbocycles. The maximum absolute atomic E-state index is 5.99. The fourth-order valence-corrected chi connectivity index (χ4v) is 2.37. The number of ether oxygens (including phenoxy) is 2. The summed E-state index contributed by atoms with van der Waals surface area (Å²) < 4.78 is 16.6. The van der Waals surface area contributed by atoms with Crippen molar-refractivity contribution in [1.82, 2.24) is 10.1 Å². The number of morpholine rings is 1. The van der Waals surface area contributed by atoms with Crippen LogP contribution in [0.15, 0.2) is 4.52 Å². The summed E-state index contributed by atoms with van der Waals surface area (Å²) in [7, 11) is 1.68. The summed E-state index contributed by atoms with van der Waals surface area (Å²) >= 11 is 0. The SMILES string of the molecule is COC[C@@H]1CN(c2noc(C(C)(C)C)n2)CC(C)(C)O1. The Balaban J connectivity index is 2.16. The third-order valence-corrected chi connectivity index (χ3v) is 3.17. The second-order valence-electron chi connectivity index (χ2n) is 6.98. The smallest absolute Gasteiger partial charge is 0.266 e. The molecule has 0 radical (unpaired) electrons. The minimum Gasteiger partial charge on any atom is -0.382 e. The molecular formula is C14H25N3O3. The molecule has 2 heterocycles. The van der Waals surface area contributed by atoms with Gasteiger partial charge < -0.3 is 18.9 Å². The number of aromatic nitrogens is 2. The summed E-state index contributed by atoms with van der Waals surface area (Å²) in [5, 5.41) is 4.11. The zero-order valence-electron chi connectivity index (χ0n) is 13.3. The molecule has 1 aromatic rings. The summed E-state index contributed by atoms with van der Waals surface area (Å²) in [6.07, 6.45) is 0.0142. The van der Waals surface area contributed by atoms with Crippen molar-refractivity contribution in [3.8, 4) is 0 Å². The molecule has 0 saturated carbocycles. The van der Waals surface area contributed by atoms with Crippen molar-refractivity contribution in [3.63, 3.8) is 0 Å². The molecule has 2 rings (SSSR count). The molecule has 1 aliphatic rings. The molecule has 0 aromatic carbocycles. The van der Waals surface area contributed by atoms with E-state index in [4.69, 9.17) is 14.0 Å². The minimum absolute atomic E-state index is 0.0142. The quantitative estimate of drug-likeness (QED) is 0.845. The Bertz CT molecular complexity index is 451. The van der Waals surface area contributed by atoms with Gasteiger partial charge in [0.2, 0.25) is 5.89 Å². The van der Waals surface area contributed by atoms with Crippen molar-refractivity contribution in [2.24, 2.45) is 0 Å². The van der Waals surface area contributed by atoms with Crippen LogP contribution in [0.2, 0.25) is 0 Å². The highest BCUT2D eigenvalue weighted by Crippen LogP contribution is 2.27. The van der Waals surface area contributed by atoms with Crippen molar-refractivity contribution >= 4 is 5.95 Å². The van der Waals surface area contributed by atoms with Gasteiger partial charge in [0, 0.05) is 25.6 Å². The number of rotatable bonds is 3. The molecule has 0 bridgehead atoms. The fourth-order valence-electron chi connectivity index (χ4n) is 2.37. The maximum Gasteiger partial charge on any atom is 0.266 e. The van der Waals surface area contributed by atoms with E-state index in [1.165, 1.54) is 0 Å². The minimum atomic E-state index is -0.260. The molecule has 1 aromatic heterocycles. The van der Waals surface area contributed by atoms with Crippen LogP contribution < -0.4 is 4.90 Å². The molecule has 1 aliphatic heterocycles. The predicted octanol–water partition coefficient (Wildman–Crippen LogP) is 2.00. The maximum atomic E-state index is 5.99. The molecule has 6 heteroatoms. The summed E-state index contributed by atoms with van der Waals surface area (Å²) in [6.45, 7) is 12.3. The van der Waals surface area contributed by atoms with Crippen molar-refractivity contribution in [2.45, 2.75) is 51.7 Å². The van der Waals surface area contributed by atoms with Crippen LogP contribution in [0, 0.1) is 0 Å². The molecule has 0 spiro atoms. The van der Waals surface area contributed by atoms with E-state index >= 15 is 0 Å². The van der Waals surface area contributed by atoms with Crippen molar-refractivity contribution in [2.75, 3.05) is 31.7 Å². The Morgan fingerprint density at radius 2 is 2.10 bits per heavy atom. The van der Waals surface area contributed by atoms with E-state index in [-0.39, 0.29) is 17.1 Å². The normalized spacial score (nSPS) is 23.1. The van der Waals surface area contributed by atoms with Crippen LogP contribution in [0.1, 0.15) is 40.5 Å². The Kier molecular flexibility index (Phi) is 4.07. The van der Waals surface area contributed by atoms with Gasteiger partial charge in [-0.15, -0.1) is 0 Å². The van der Waals surface area contributed by atoms with Gasteiger partial charge in [-0.1, -0.05) is 20.8 Å². The summed E-state index contributed by atoms with van der Waals surface area (Å²) in [5.74, 6) is 1.28. The number of hydrogen-bond donors (Lipinski definition) is 0. The third kappa shape index (κ3) is 3.49. The van der Waals surface area contributed by atoms with Crippen molar-refractivity contribution in [1.29, 1.82) is 0 Å². The third-order valence-electron chi connectivity index (χ3n) is 3.17. The second-order valence-corrected chi connectivity index (χ2v) is 6.98. The van der Waals surface area contributed by atoms with Crippen LogP contribution in [0.3, 0.4) is 0 Å². The monoisotopic (exact) mass is 283 g/mol. The van der Waals surface area contributed by atoms with Gasteiger partial charge in [-0.05, 0) is 19.0 Å². The van der Waals surface area contributed by atoms with Crippen molar-refractivity contribution in [3.05, 3.63) is 5.89 Å². The number of hydrogen-bond acceptors (Lipinski definition) is 6. The second kappa shape index (κ2) is 5.33. The van der Waals surface area contributed by atoms with E-state index in [2.05, 4.69) is 49.7 Å². The number of anilines is 1. The first-order valence-corrected chi connectivity index (χ1v) is 6.97. The molecule has 0 unspecified atom stereocenters. The molecule has 114 valence electrons. The van der Waals surface area contributed by atoms with Gasteiger partial charge in [0.25, 0.3) is 5.95 Å². The first-order chi connectivity index (χ1) is 9.21. The summed E-state index contributed by atoms with van der Waals surface area (Å²) in [4.78, 5) is 6.62. The summed E-state index contributed by atoms with van der Waals surface area (Å²) in [5.41, 5.74) is -0.400. The van der Waals surface area contributed by atoms with E-state index in [1.807, 2.05) is 0 Å². The predicted molar refractivity (Wildman–Crippen MR) is 76.0 cm³/mol. The highest BCUT2D eigenvalue weighted by Gasteiger charge is 2.35. The molecule has 1 fully saturated rings. The lowest BCUT2D eigenvalue weighted by Gasteiger charge is -2.42. The molecule has 0 amide bonds. The number of nitrogens with zero attached hydrogens (tertiary/aromatic N) is 3. The van der Waals surface area contributed by atoms with Crippen LogP contribution in [0.4, 0.5) is 5.95 Å². The Labute approximate surface area is 120 Å². The molecule has 1 saturated heterocycles. The number of methoxy groups -OCH3 is 1. The van der Waals surface area contributed by atoms with E-state index in [1.54, 1.807) is 7.11 Å². The average Bonchev–Trinajstić information content (AvgIpc) is 2.75. The zero-order valence-corrected chi connectivity index (χ0v) is 13.3. The Morgan fingerprint density at radius 1 is 1.40 bits per heavy atom. The van der Waals surface area contributed by atoms with E-state index in [0.29, 0.717) is 25.0 Å². The lowest BCUT2D eigenvalue weighted by molar-refractivity contribution is -0.106. The standard InChI is InChI=1S/C14H25N3O3/c1-13(2,3)11-15-12(16-20-11)17-7-10(8-18-6)19-14(4,5)9-17/h10H,7-9H2,1-6H3/t10-/m0/s1. The lowest BCUT2D eigenvalue weighted by atomic mass is 9.97. The van der Waals surface area contributed by atoms with Gasteiger partial charge in [-0.2, -0.15) is 4.98 Å². The zero-order chi connectivity index (χ0) is 15.0. The van der Waals surface area contributed by atoms with Crippen molar-refractivity contribution < 1.29 is 14.0 Å². The molecular weight excluding hydrogens is 258 g/mol. The Hall–Kier alpha value is -1.14. The fraction of sp³-hybridized carbons (Fsp3) is 0.857. The lowest BCUT2D eigenvalue weighted by Crippen LogP contribution is -2.54. The van der Waals surface area contributed by atoms with Crippen LogP contribution in [-0.2, 0) is 14.9 Å². The van der Waals surface area contributed by atoms with Gasteiger partial charge in [-0.25, -0.2) is 0 Å². The van der Waals surface area contributed by atoms with E-state index < -0.39 is 0 Å². The van der Waals surface area contributed by atoms with E-state index in [9.17, 15) is 0 Å². The first kappa shape index (κ1) is 15.3. The highest BCUT2D eigenvalue weighted by molar-refractivity contribution is 5.31. The van der Waals surface area contributed by atoms with Gasteiger partial charge in [0.15, 0.2) is 0 Å². The van der Waals surface area contributed by atoms with Crippen LogP contribution in [0.5, 0.6) is 0 Å². The van der Waals surface area contributed by atoms with Gasteiger partial charge in [-0.3, -0.25) is 0 Å². The van der Waals surface area contributed by atoms with Gasteiger partial charge in [0.05, 0.1) is 18.3 Å². The molecule has 6 nitrogen and oxygen atoms in total. The van der Waals surface area contributed by atoms with Gasteiger partial charge in [0.1, 0.15) is 0 Å². The van der Waals surface area contributed by atoms with Crippen LogP contribution in [-0.4, -0.2) is 48.7 Å². The molecule has 1 atom stereocenters. The Morgan fingerprint density at radius 3 is 2.65 bits per heavy atom. The average molecular weight is 283 g/mol. The largest absolute Gasteiger partial charge is 0.382 e. The highest BCUT2D eigenvalue weighted by atomic mass is 16.5. The van der Waals surface area contributed by atoms with Crippen LogP contribution >= 0.6 is 0 Å². The van der Waals surface area contributed by atoms with Crippen LogP contribution in [0.25, 0.3) is 0 Å². The van der Waals surface area contributed by atoms with Gasteiger partial charge >= 0.3 is 0 Å². The molecule has 0 N–H and O–H groups in total. The first-order valence-electron chi connectivity index (χ1n) is 6.97. The summed E-state index contributed by atoms with van der Waals surface area (Å²) in [6, 6.07) is 0. The molecule has 20 heavy (non-hydrogen) atoms. The topological polar surface area (TPSA) is 60.6 Å².